The zero-order chi connectivity index (χ0) is 57.3. The lowest BCUT2D eigenvalue weighted by Crippen LogP contribution is -2.26. The first-order valence-corrected chi connectivity index (χ1v) is 28.1. The first kappa shape index (κ1) is 59.0. The minimum atomic E-state index is -4.55. The maximum absolute atomic E-state index is 14.8. The van der Waals surface area contributed by atoms with E-state index in [4.69, 9.17) is 9.47 Å². The number of hydrogen-bond acceptors (Lipinski definition) is 13. The van der Waals surface area contributed by atoms with Crippen LogP contribution in [0.5, 0.6) is 11.5 Å². The fourth-order valence-electron chi connectivity index (χ4n) is 8.22. The molecule has 0 heterocycles. The van der Waals surface area contributed by atoms with Gasteiger partial charge in [0.1, 0.15) is 11.5 Å². The molecule has 1 amide bonds. The maximum Gasteiger partial charge on any atom is 0.248 e. The summed E-state index contributed by atoms with van der Waals surface area (Å²) in [5.41, 5.74) is -3.85. The highest BCUT2D eigenvalue weighted by atomic mass is 31.2. The number of Topliss-reactive ketones (excluding diaryl/α,β-unsaturated/α-hetero) is 3. The molecule has 0 bridgehead atoms. The van der Waals surface area contributed by atoms with E-state index in [0.717, 1.165) is 0 Å². The second-order valence-corrected chi connectivity index (χ2v) is 22.4. The predicted octanol–water partition coefficient (Wildman–Crippen LogP) is 11.7. The number of allylic oxidation sites excluding steroid dienone is 14. The lowest BCUT2D eigenvalue weighted by molar-refractivity contribution is -0.118. The molecular weight excluding hydrogens is 1040 g/mol. The van der Waals surface area contributed by atoms with Crippen molar-refractivity contribution in [1.82, 2.24) is 0 Å². The molecule has 0 spiro atoms. The molecule has 5 aromatic rings. The Morgan fingerprint density at radius 2 is 0.975 bits per heavy atom. The smallest absolute Gasteiger partial charge is 0.248 e. The second kappa shape index (κ2) is 27.2. The van der Waals surface area contributed by atoms with Gasteiger partial charge in [-0.3, -0.25) is 38.4 Å². The highest BCUT2D eigenvalue weighted by molar-refractivity contribution is 8.01. The molecule has 1 aliphatic carbocycles. The third kappa shape index (κ3) is 13.1. The van der Waals surface area contributed by atoms with Crippen LogP contribution in [0.15, 0.2) is 231 Å². The van der Waals surface area contributed by atoms with Crippen LogP contribution in [0.3, 0.4) is 0 Å². The molecule has 2 atom stereocenters. The number of amides is 1. The van der Waals surface area contributed by atoms with Gasteiger partial charge in [0.2, 0.25) is 42.3 Å². The summed E-state index contributed by atoms with van der Waals surface area (Å²) in [6.45, 7) is 17.5. The number of rotatable bonds is 28. The van der Waals surface area contributed by atoms with Gasteiger partial charge in [-0.1, -0.05) is 172 Å². The van der Waals surface area contributed by atoms with E-state index in [0.29, 0.717) is 0 Å². The minimum Gasteiger partial charge on any atom is -0.493 e. The average molecular weight is 1100 g/mol. The van der Waals surface area contributed by atoms with Crippen molar-refractivity contribution in [3.8, 4) is 11.5 Å². The number of carbonyl (C=O) groups is 8. The van der Waals surface area contributed by atoms with Crippen LogP contribution >= 0.6 is 14.3 Å². The molecule has 0 saturated carbocycles. The number of ether oxygens (including phenoxy) is 2. The van der Waals surface area contributed by atoms with E-state index in [9.17, 15) is 47.5 Å². The molecule has 6 rings (SSSR count). The lowest BCUT2D eigenvalue weighted by Gasteiger charge is -2.23. The molecule has 14 nitrogen and oxygen atoms in total. The quantitative estimate of drug-likeness (QED) is 0.0271. The van der Waals surface area contributed by atoms with Gasteiger partial charge < -0.3 is 29.2 Å². The molecule has 0 aromatic heterocycles. The van der Waals surface area contributed by atoms with Gasteiger partial charge in [0.15, 0.2) is 17.3 Å². The summed E-state index contributed by atoms with van der Waals surface area (Å²) in [6.07, 6.45) is 13.7. The molecule has 16 heteroatoms. The van der Waals surface area contributed by atoms with E-state index in [-0.39, 0.29) is 111 Å². The van der Waals surface area contributed by atoms with Crippen LogP contribution in [0.2, 0.25) is 0 Å². The molecule has 79 heavy (non-hydrogen) atoms. The summed E-state index contributed by atoms with van der Waals surface area (Å²) in [5, 5.41) is 5.45. The Balaban J connectivity index is 1.16. The van der Waals surface area contributed by atoms with Crippen LogP contribution in [-0.2, 0) is 28.3 Å². The number of nitrogens with one attached hydrogen (secondary N) is 2. The lowest BCUT2D eigenvalue weighted by atomic mass is 9.82. The van der Waals surface area contributed by atoms with Crippen LogP contribution in [0, 0.1) is 0 Å². The van der Waals surface area contributed by atoms with Crippen LogP contribution < -0.4 is 30.7 Å². The standard InChI is InChI=1S/C63H56N2O12P2/c1-7-13-23-42(9-3)60(70)78(74,62(72)44-25-17-15-18-26-44)49-31-21-29-47(39-49)76-37-35-46(66)41-64-53-33-34-54(57-56(53)58(68)51(11-5)52(12-6)59(57)69)65-55(67)36-38-77-48-30-22-32-50(40-48)79(75,61(71)43(10-4)24-14-8-2)63(73)45-27-19-16-20-28-45/h7-34,39-40,64H,3-6,35-38,41H2,1-2H3,(H,65,67)/b13-7-,14-8-,42-23+,43-24+. The van der Waals surface area contributed by atoms with E-state index in [1.54, 1.807) is 74.5 Å². The average Bonchev–Trinajstić information content (AvgIpc) is 3.59. The highest BCUT2D eigenvalue weighted by Gasteiger charge is 2.45. The van der Waals surface area contributed by atoms with Crippen LogP contribution in [0.1, 0.15) is 68.1 Å². The molecular formula is C63H56N2O12P2. The number of hydrogen-bond donors (Lipinski definition) is 2. The number of ketones is 3. The van der Waals surface area contributed by atoms with E-state index in [1.807, 2.05) is 0 Å². The van der Waals surface area contributed by atoms with E-state index >= 15 is 0 Å². The molecule has 1 aliphatic rings. The monoisotopic (exact) mass is 1090 g/mol. The molecule has 2 N–H and O–H groups in total. The summed E-state index contributed by atoms with van der Waals surface area (Å²) in [6, 6.07) is 29.8. The summed E-state index contributed by atoms with van der Waals surface area (Å²) in [7, 11) is -9.08. The molecule has 0 saturated heterocycles. The SMILES string of the molecule is C=CC1=C(C=C)C(=O)c2c(NC(=O)CCOc3cccc(P(=O)(C(=O)/C(C=C)=C/C=C\C)C(=O)c4ccccc4)c3)ccc(NCC(=O)CCOc3cccc(P(=O)(C(=O)/C(C=C)=C/C=C\C)C(=O)c4ccccc4)c3)c2C1=O. The van der Waals surface area contributed by atoms with Gasteiger partial charge in [0.25, 0.3) is 0 Å². The third-order valence-electron chi connectivity index (χ3n) is 12.3. The van der Waals surface area contributed by atoms with Gasteiger partial charge >= 0.3 is 0 Å². The summed E-state index contributed by atoms with van der Waals surface area (Å²) >= 11 is 0. The van der Waals surface area contributed by atoms with Crippen molar-refractivity contribution in [1.29, 1.82) is 0 Å². The maximum atomic E-state index is 14.8. The van der Waals surface area contributed by atoms with Crippen LogP contribution in [0.25, 0.3) is 0 Å². The van der Waals surface area contributed by atoms with Gasteiger partial charge in [-0.15, -0.1) is 0 Å². The van der Waals surface area contributed by atoms with Crippen molar-refractivity contribution in [2.24, 2.45) is 0 Å². The summed E-state index contributed by atoms with van der Waals surface area (Å²) < 4.78 is 41.4. The molecule has 0 radical (unpaired) electrons. The van der Waals surface area contributed by atoms with Gasteiger partial charge in [0.05, 0.1) is 43.0 Å². The Morgan fingerprint density at radius 3 is 1.41 bits per heavy atom. The van der Waals surface area contributed by atoms with Gasteiger partial charge in [0, 0.05) is 56.1 Å². The second-order valence-electron chi connectivity index (χ2n) is 17.3. The van der Waals surface area contributed by atoms with E-state index in [2.05, 4.69) is 36.9 Å². The largest absolute Gasteiger partial charge is 0.493 e. The number of fused-ring (bicyclic) bond motifs is 1. The van der Waals surface area contributed by atoms with Crippen molar-refractivity contribution in [3.63, 3.8) is 0 Å². The molecule has 400 valence electrons. The Kier molecular flexibility index (Phi) is 20.3. The van der Waals surface area contributed by atoms with Gasteiger partial charge in [-0.2, -0.15) is 0 Å². The predicted molar refractivity (Wildman–Crippen MR) is 310 cm³/mol. The Morgan fingerprint density at radius 1 is 0.544 bits per heavy atom. The minimum absolute atomic E-state index is 0.0237. The fraction of sp³-hybridized carbons (Fsp3) is 0.111. The van der Waals surface area contributed by atoms with Crippen molar-refractivity contribution in [3.05, 3.63) is 253 Å². The van der Waals surface area contributed by atoms with E-state index in [1.165, 1.54) is 121 Å². The Hall–Kier alpha value is -9.22. The highest BCUT2D eigenvalue weighted by Crippen LogP contribution is 2.53. The molecule has 0 fully saturated rings. The normalized spacial score (nSPS) is 14.1. The topological polar surface area (TPSA) is 213 Å². The number of carbonyl (C=O) groups excluding carboxylic acids is 8. The van der Waals surface area contributed by atoms with Crippen LogP contribution in [0.4, 0.5) is 11.4 Å². The van der Waals surface area contributed by atoms with Crippen molar-refractivity contribution in [2.45, 2.75) is 26.7 Å². The zero-order valence-electron chi connectivity index (χ0n) is 43.5. The first-order valence-electron chi connectivity index (χ1n) is 24.7. The number of benzene rings is 5. The van der Waals surface area contributed by atoms with Gasteiger partial charge in [-0.05, 0) is 50.2 Å². The van der Waals surface area contributed by atoms with E-state index < -0.39 is 59.6 Å². The fourth-order valence-corrected chi connectivity index (χ4v) is 12.8. The summed E-state index contributed by atoms with van der Waals surface area (Å²) in [4.78, 5) is 111. The molecule has 2 unspecified atom stereocenters. The van der Waals surface area contributed by atoms with Crippen molar-refractivity contribution >= 4 is 81.6 Å². The zero-order valence-corrected chi connectivity index (χ0v) is 45.3. The van der Waals surface area contributed by atoms with Crippen molar-refractivity contribution in [2.75, 3.05) is 30.4 Å². The first-order chi connectivity index (χ1) is 38.0. The summed E-state index contributed by atoms with van der Waals surface area (Å²) in [5.74, 6) is -2.07. The molecule has 0 aliphatic heterocycles. The number of anilines is 2. The molecule has 5 aromatic carbocycles. The third-order valence-corrected chi connectivity index (χ3v) is 17.6. The Bertz CT molecular complexity index is 3580. The van der Waals surface area contributed by atoms with Crippen LogP contribution in [-0.4, -0.2) is 65.1 Å². The Labute approximate surface area is 458 Å². The van der Waals surface area contributed by atoms with Gasteiger partial charge in [-0.25, -0.2) is 0 Å². The van der Waals surface area contributed by atoms with Crippen molar-refractivity contribution < 1.29 is 57.0 Å².